The summed E-state index contributed by atoms with van der Waals surface area (Å²) < 4.78 is 20.0. The maximum absolute atomic E-state index is 11.7. The van der Waals surface area contributed by atoms with Gasteiger partial charge in [0.2, 0.25) is 8.32 Å². The lowest BCUT2D eigenvalue weighted by atomic mass is 9.54. The van der Waals surface area contributed by atoms with E-state index >= 15 is 0 Å². The molecule has 0 spiro atoms. The molecule has 2 fully saturated rings. The van der Waals surface area contributed by atoms with Gasteiger partial charge in [-0.25, -0.2) is 0 Å². The Hall–Kier alpha value is -0.449. The molecule has 3 aliphatic carbocycles. The Morgan fingerprint density at radius 2 is 1.50 bits per heavy atom. The van der Waals surface area contributed by atoms with Gasteiger partial charge in [0.25, 0.3) is 0 Å². The van der Waals surface area contributed by atoms with Crippen LogP contribution >= 0.6 is 0 Å². The van der Waals surface area contributed by atoms with Gasteiger partial charge in [0.1, 0.15) is 5.75 Å². The SMILES string of the molecule is C[C@]12CC(O)[C@@H]3c4ccc(O[Si](C)(C)C)cc4C(O[Si](C)(C)C)C[C@H]3[C@@H]1CCC2O[Si](C)(C)C. The quantitative estimate of drug-likeness (QED) is 0.400. The highest BCUT2D eigenvalue weighted by Gasteiger charge is 2.59. The molecule has 0 aliphatic heterocycles. The monoisotopic (exact) mass is 520 g/mol. The third-order valence-corrected chi connectivity index (χ3v) is 10.9. The fraction of sp³-hybridized carbons (Fsp3) is 0.778. The molecule has 0 amide bonds. The molecule has 1 aromatic carbocycles. The lowest BCUT2D eigenvalue weighted by Crippen LogP contribution is -2.52. The highest BCUT2D eigenvalue weighted by molar-refractivity contribution is 6.70. The first-order valence-electron chi connectivity index (χ1n) is 13.3. The molecule has 34 heavy (non-hydrogen) atoms. The minimum Gasteiger partial charge on any atom is -0.544 e. The fourth-order valence-corrected chi connectivity index (χ4v) is 10.3. The van der Waals surface area contributed by atoms with Crippen molar-refractivity contribution in [1.29, 1.82) is 0 Å². The number of aliphatic hydroxyl groups excluding tert-OH is 1. The Balaban J connectivity index is 1.73. The molecule has 4 rings (SSSR count). The van der Waals surface area contributed by atoms with Gasteiger partial charge in [-0.15, -0.1) is 0 Å². The van der Waals surface area contributed by atoms with Crippen LogP contribution in [0.2, 0.25) is 58.9 Å². The molecule has 1 aromatic rings. The van der Waals surface area contributed by atoms with Gasteiger partial charge in [0.05, 0.1) is 18.3 Å². The Morgan fingerprint density at radius 1 is 0.853 bits per heavy atom. The first kappa shape index (κ1) is 26.6. The van der Waals surface area contributed by atoms with Gasteiger partial charge in [0.15, 0.2) is 16.6 Å². The van der Waals surface area contributed by atoms with Crippen LogP contribution in [-0.2, 0) is 8.85 Å². The maximum Gasteiger partial charge on any atom is 0.242 e. The zero-order chi connectivity index (χ0) is 25.3. The summed E-state index contributed by atoms with van der Waals surface area (Å²) >= 11 is 0. The average Bonchev–Trinajstić information content (AvgIpc) is 2.93. The van der Waals surface area contributed by atoms with E-state index in [0.717, 1.165) is 25.0 Å². The fourth-order valence-electron chi connectivity index (χ4n) is 7.16. The summed E-state index contributed by atoms with van der Waals surface area (Å²) in [7, 11) is -5.12. The number of aliphatic hydroxyl groups is 1. The van der Waals surface area contributed by atoms with Crippen LogP contribution < -0.4 is 4.43 Å². The van der Waals surface area contributed by atoms with Crippen LogP contribution in [0.15, 0.2) is 18.2 Å². The van der Waals surface area contributed by atoms with Gasteiger partial charge in [0, 0.05) is 5.92 Å². The largest absolute Gasteiger partial charge is 0.544 e. The van der Waals surface area contributed by atoms with Crippen LogP contribution in [0.5, 0.6) is 5.75 Å². The molecule has 7 heteroatoms. The number of fused-ring (bicyclic) bond motifs is 5. The van der Waals surface area contributed by atoms with Gasteiger partial charge >= 0.3 is 0 Å². The summed E-state index contributed by atoms with van der Waals surface area (Å²) in [5, 5.41) is 11.7. The lowest BCUT2D eigenvalue weighted by Gasteiger charge is -2.54. The predicted molar refractivity (Wildman–Crippen MR) is 148 cm³/mol. The number of hydrogen-bond acceptors (Lipinski definition) is 4. The van der Waals surface area contributed by atoms with Crippen LogP contribution in [0.25, 0.3) is 0 Å². The smallest absolute Gasteiger partial charge is 0.242 e. The van der Waals surface area contributed by atoms with Crippen LogP contribution in [0.1, 0.15) is 55.8 Å². The maximum atomic E-state index is 11.7. The van der Waals surface area contributed by atoms with Crippen molar-refractivity contribution >= 4 is 25.0 Å². The van der Waals surface area contributed by atoms with Crippen LogP contribution in [0.4, 0.5) is 0 Å². The molecule has 7 atom stereocenters. The van der Waals surface area contributed by atoms with Gasteiger partial charge in [-0.05, 0) is 125 Å². The molecule has 2 saturated carbocycles. The second-order valence-corrected chi connectivity index (χ2v) is 27.7. The molecule has 3 unspecified atom stereocenters. The second-order valence-electron chi connectivity index (χ2n) is 14.3. The third kappa shape index (κ3) is 5.44. The van der Waals surface area contributed by atoms with E-state index in [0.29, 0.717) is 11.8 Å². The van der Waals surface area contributed by atoms with Crippen molar-refractivity contribution in [3.8, 4) is 5.75 Å². The molecular weight excluding hydrogens is 473 g/mol. The molecule has 3 aliphatic rings. The van der Waals surface area contributed by atoms with Gasteiger partial charge in [-0.2, -0.15) is 0 Å². The van der Waals surface area contributed by atoms with Crippen molar-refractivity contribution in [2.45, 2.75) is 116 Å². The van der Waals surface area contributed by atoms with E-state index in [1.165, 1.54) is 17.5 Å². The van der Waals surface area contributed by atoms with E-state index in [1.54, 1.807) is 0 Å². The van der Waals surface area contributed by atoms with Crippen molar-refractivity contribution in [1.82, 2.24) is 0 Å². The van der Waals surface area contributed by atoms with E-state index < -0.39 is 25.0 Å². The molecule has 1 N–H and O–H groups in total. The average molecular weight is 521 g/mol. The van der Waals surface area contributed by atoms with Crippen LogP contribution in [0, 0.1) is 17.3 Å². The number of hydrogen-bond donors (Lipinski definition) is 1. The van der Waals surface area contributed by atoms with Crippen molar-refractivity contribution in [2.75, 3.05) is 0 Å². The first-order chi connectivity index (χ1) is 15.5. The summed E-state index contributed by atoms with van der Waals surface area (Å²) in [6.07, 6.45) is 4.16. The lowest BCUT2D eigenvalue weighted by molar-refractivity contribution is -0.0850. The van der Waals surface area contributed by atoms with Gasteiger partial charge in [-0.3, -0.25) is 0 Å². The van der Waals surface area contributed by atoms with Crippen molar-refractivity contribution in [3.05, 3.63) is 29.3 Å². The van der Waals surface area contributed by atoms with Crippen molar-refractivity contribution in [3.63, 3.8) is 0 Å². The Morgan fingerprint density at radius 3 is 2.09 bits per heavy atom. The normalized spacial score (nSPS) is 36.0. The van der Waals surface area contributed by atoms with Crippen molar-refractivity contribution in [2.24, 2.45) is 17.3 Å². The Kier molecular flexibility index (Phi) is 6.92. The summed E-state index contributed by atoms with van der Waals surface area (Å²) in [5.41, 5.74) is 2.60. The molecule has 0 saturated heterocycles. The summed E-state index contributed by atoms with van der Waals surface area (Å²) in [6, 6.07) is 6.62. The zero-order valence-electron chi connectivity index (χ0n) is 23.2. The van der Waals surface area contributed by atoms with Crippen LogP contribution in [0.3, 0.4) is 0 Å². The van der Waals surface area contributed by atoms with E-state index in [4.69, 9.17) is 13.3 Å². The summed E-state index contributed by atoms with van der Waals surface area (Å²) in [6.45, 7) is 22.8. The molecule has 0 bridgehead atoms. The van der Waals surface area contributed by atoms with E-state index in [9.17, 15) is 5.11 Å². The predicted octanol–water partition coefficient (Wildman–Crippen LogP) is 7.30. The topological polar surface area (TPSA) is 47.9 Å². The van der Waals surface area contributed by atoms with Crippen molar-refractivity contribution < 1.29 is 18.4 Å². The first-order valence-corrected chi connectivity index (χ1v) is 23.6. The highest BCUT2D eigenvalue weighted by Crippen LogP contribution is 2.63. The summed E-state index contributed by atoms with van der Waals surface area (Å²) in [4.78, 5) is 0. The molecule has 192 valence electrons. The number of rotatable bonds is 6. The zero-order valence-corrected chi connectivity index (χ0v) is 26.2. The highest BCUT2D eigenvalue weighted by atomic mass is 28.4. The molecule has 0 heterocycles. The molecule has 4 nitrogen and oxygen atoms in total. The molecule has 0 aromatic heterocycles. The van der Waals surface area contributed by atoms with Gasteiger partial charge in [-0.1, -0.05) is 13.0 Å². The Labute approximate surface area is 211 Å². The second kappa shape index (κ2) is 8.84. The molecule has 0 radical (unpaired) electrons. The van der Waals surface area contributed by atoms with E-state index in [-0.39, 0.29) is 29.6 Å². The summed E-state index contributed by atoms with van der Waals surface area (Å²) in [5.74, 6) is 2.14. The minimum absolute atomic E-state index is 0.0446. The molecular formula is C27H48O4Si3. The van der Waals surface area contributed by atoms with Gasteiger partial charge < -0.3 is 18.4 Å². The minimum atomic E-state index is -1.76. The number of benzene rings is 1. The standard InChI is InChI=1S/C27H48O4Si3/c1-27-17-23(28)26-19-12-11-18(29-32(2,3)4)15-20(19)24(30-33(5,6)7)16-21(26)22(27)13-14-25(27)31-34(8,9)10/h11-12,15,21-26,28H,13-14,16-17H2,1-10H3/t21-,22-,23?,24?,25?,26+,27-/m0/s1. The van der Waals surface area contributed by atoms with E-state index in [1.807, 2.05) is 0 Å². The van der Waals surface area contributed by atoms with Crippen LogP contribution in [-0.4, -0.2) is 42.3 Å². The van der Waals surface area contributed by atoms with E-state index in [2.05, 4.69) is 84.0 Å². The third-order valence-electron chi connectivity index (χ3n) is 8.03. The Bertz CT molecular complexity index is 901.